The predicted octanol–water partition coefficient (Wildman–Crippen LogP) is 4.08. The van der Waals surface area contributed by atoms with Crippen LogP contribution < -0.4 is 5.43 Å². The Balaban J connectivity index is 1.57. The smallest absolute Gasteiger partial charge is 0.227 e. The van der Waals surface area contributed by atoms with Crippen molar-refractivity contribution in [3.05, 3.63) is 63.3 Å². The van der Waals surface area contributed by atoms with Gasteiger partial charge in [-0.05, 0) is 30.4 Å². The molecular formula is C25H30N2O5. The molecular weight excluding hydrogens is 408 g/mol. The maximum atomic E-state index is 13.3. The van der Waals surface area contributed by atoms with Crippen molar-refractivity contribution in [3.63, 3.8) is 0 Å². The first-order valence-electron chi connectivity index (χ1n) is 11.1. The number of benzene rings is 1. The number of carbonyl (C=O) groups excluding carboxylic acids is 1. The summed E-state index contributed by atoms with van der Waals surface area (Å²) in [6, 6.07) is 9.43. The molecule has 1 unspecified atom stereocenters. The van der Waals surface area contributed by atoms with Crippen molar-refractivity contribution >= 4 is 16.8 Å². The van der Waals surface area contributed by atoms with Gasteiger partial charge in [0.1, 0.15) is 12.4 Å². The Morgan fingerprint density at radius 1 is 1.31 bits per heavy atom. The molecule has 2 aromatic heterocycles. The Bertz CT molecular complexity index is 1180. The van der Waals surface area contributed by atoms with Gasteiger partial charge in [0.25, 0.3) is 0 Å². The second kappa shape index (κ2) is 9.20. The molecule has 0 saturated heterocycles. The van der Waals surface area contributed by atoms with Crippen molar-refractivity contribution in [2.75, 3.05) is 13.7 Å². The molecule has 1 atom stereocenters. The van der Waals surface area contributed by atoms with Crippen molar-refractivity contribution in [1.29, 1.82) is 0 Å². The van der Waals surface area contributed by atoms with Gasteiger partial charge >= 0.3 is 0 Å². The van der Waals surface area contributed by atoms with E-state index in [9.17, 15) is 14.7 Å². The summed E-state index contributed by atoms with van der Waals surface area (Å²) in [4.78, 5) is 30.8. The maximum Gasteiger partial charge on any atom is 0.227 e. The van der Waals surface area contributed by atoms with E-state index >= 15 is 0 Å². The van der Waals surface area contributed by atoms with Gasteiger partial charge in [-0.3, -0.25) is 9.59 Å². The van der Waals surface area contributed by atoms with Gasteiger partial charge in [0.15, 0.2) is 5.76 Å². The van der Waals surface area contributed by atoms with Crippen LogP contribution in [0.1, 0.15) is 55.4 Å². The van der Waals surface area contributed by atoms with Crippen molar-refractivity contribution < 1.29 is 19.1 Å². The molecule has 0 saturated carbocycles. The highest BCUT2D eigenvalue weighted by Crippen LogP contribution is 2.34. The van der Waals surface area contributed by atoms with Crippen LogP contribution in [0.15, 0.2) is 39.5 Å². The number of methoxy groups -OCH3 is 1. The van der Waals surface area contributed by atoms with E-state index in [2.05, 4.69) is 17.1 Å². The molecule has 32 heavy (non-hydrogen) atoms. The van der Waals surface area contributed by atoms with Gasteiger partial charge in [0, 0.05) is 48.7 Å². The first kappa shape index (κ1) is 22.1. The number of aromatic nitrogens is 1. The molecule has 0 radical (unpaired) electrons. The van der Waals surface area contributed by atoms with Gasteiger partial charge in [-0.25, -0.2) is 0 Å². The van der Waals surface area contributed by atoms with Crippen LogP contribution in [0.5, 0.6) is 5.75 Å². The molecule has 170 valence electrons. The van der Waals surface area contributed by atoms with Gasteiger partial charge in [-0.2, -0.15) is 0 Å². The lowest BCUT2D eigenvalue weighted by Crippen LogP contribution is -2.36. The van der Waals surface area contributed by atoms with Crippen LogP contribution in [0.4, 0.5) is 0 Å². The van der Waals surface area contributed by atoms with E-state index in [1.807, 2.05) is 30.9 Å². The number of aromatic amines is 1. The van der Waals surface area contributed by atoms with Crippen LogP contribution >= 0.6 is 0 Å². The zero-order valence-corrected chi connectivity index (χ0v) is 18.8. The lowest BCUT2D eigenvalue weighted by molar-refractivity contribution is -0.132. The molecule has 7 nitrogen and oxygen atoms in total. The van der Waals surface area contributed by atoms with E-state index in [4.69, 9.17) is 9.15 Å². The van der Waals surface area contributed by atoms with Crippen molar-refractivity contribution in [3.8, 4) is 5.75 Å². The highest BCUT2D eigenvalue weighted by molar-refractivity contribution is 5.85. The summed E-state index contributed by atoms with van der Waals surface area (Å²) >= 11 is 0. The molecule has 1 aromatic carbocycles. The number of aromatic hydroxyl groups is 1. The molecule has 1 aliphatic heterocycles. The number of fused-ring (bicyclic) bond motifs is 3. The summed E-state index contributed by atoms with van der Waals surface area (Å²) in [5, 5.41) is 11.6. The molecule has 3 aromatic rings. The number of hydrogen-bond donors (Lipinski definition) is 2. The third-order valence-electron chi connectivity index (χ3n) is 6.07. The molecule has 4 rings (SSSR count). The fourth-order valence-electron chi connectivity index (χ4n) is 4.64. The summed E-state index contributed by atoms with van der Waals surface area (Å²) in [7, 11) is 1.51. The van der Waals surface area contributed by atoms with Crippen LogP contribution in [0.2, 0.25) is 0 Å². The lowest BCUT2D eigenvalue weighted by atomic mass is 9.90. The first-order valence-corrected chi connectivity index (χ1v) is 11.1. The van der Waals surface area contributed by atoms with Crippen molar-refractivity contribution in [1.82, 2.24) is 9.88 Å². The molecule has 0 aliphatic carbocycles. The second-order valence-electron chi connectivity index (χ2n) is 8.95. The average molecular weight is 439 g/mol. The van der Waals surface area contributed by atoms with E-state index < -0.39 is 17.1 Å². The monoisotopic (exact) mass is 438 g/mol. The highest BCUT2D eigenvalue weighted by atomic mass is 16.5. The van der Waals surface area contributed by atoms with Gasteiger partial charge < -0.3 is 24.1 Å². The Morgan fingerprint density at radius 2 is 2.09 bits per heavy atom. The first-order chi connectivity index (χ1) is 15.4. The molecule has 7 heteroatoms. The maximum absolute atomic E-state index is 13.3. The lowest BCUT2D eigenvalue weighted by Gasteiger charge is -2.29. The van der Waals surface area contributed by atoms with Crippen LogP contribution in [-0.4, -0.2) is 34.6 Å². The Hall–Kier alpha value is -3.06. The minimum Gasteiger partial charge on any atom is -0.502 e. The highest BCUT2D eigenvalue weighted by Gasteiger charge is 2.29. The SMILES string of the molecule is COCc1cc(=O)c(O)c(C(CC(=O)N2CCc3c([nH]c4ccccc34)C2)CC(C)C)o1. The number of amides is 1. The van der Waals surface area contributed by atoms with Crippen LogP contribution in [0.3, 0.4) is 0 Å². The van der Waals surface area contributed by atoms with Crippen molar-refractivity contribution in [2.45, 2.75) is 52.2 Å². The number of nitrogens with one attached hydrogen (secondary N) is 1. The van der Waals surface area contributed by atoms with Gasteiger partial charge in [-0.1, -0.05) is 32.0 Å². The zero-order valence-electron chi connectivity index (χ0n) is 18.8. The molecule has 1 amide bonds. The standard InChI is InChI=1S/C25H30N2O5/c1-15(2)10-16(25-24(30)22(28)12-17(32-25)14-31-3)11-23(29)27-9-8-19-18-6-4-5-7-20(18)26-21(19)13-27/h4-7,12,15-16,26,30H,8-11,13-14H2,1-3H3. The van der Waals surface area contributed by atoms with E-state index in [1.165, 1.54) is 24.1 Å². The fraction of sp³-hybridized carbons (Fsp3) is 0.440. The van der Waals surface area contributed by atoms with E-state index in [1.54, 1.807) is 0 Å². The summed E-state index contributed by atoms with van der Waals surface area (Å²) in [6.45, 7) is 5.38. The van der Waals surface area contributed by atoms with Gasteiger partial charge in [0.05, 0.1) is 6.54 Å². The summed E-state index contributed by atoms with van der Waals surface area (Å²) in [5.74, 6) is -0.0533. The van der Waals surface area contributed by atoms with Gasteiger partial charge in [0.2, 0.25) is 17.1 Å². The van der Waals surface area contributed by atoms with E-state index in [-0.39, 0.29) is 30.6 Å². The van der Waals surface area contributed by atoms with Crippen LogP contribution in [-0.2, 0) is 29.1 Å². The number of carbonyl (C=O) groups is 1. The fourth-order valence-corrected chi connectivity index (χ4v) is 4.64. The zero-order chi connectivity index (χ0) is 22.8. The second-order valence-corrected chi connectivity index (χ2v) is 8.95. The molecule has 0 fully saturated rings. The normalized spacial score (nSPS) is 14.7. The van der Waals surface area contributed by atoms with E-state index in [0.29, 0.717) is 25.3 Å². The largest absolute Gasteiger partial charge is 0.502 e. The third kappa shape index (κ3) is 4.43. The predicted molar refractivity (Wildman–Crippen MR) is 122 cm³/mol. The number of hydrogen-bond acceptors (Lipinski definition) is 5. The number of para-hydroxylation sites is 1. The Kier molecular flexibility index (Phi) is 6.37. The topological polar surface area (TPSA) is 95.8 Å². The van der Waals surface area contributed by atoms with E-state index in [0.717, 1.165) is 17.6 Å². The van der Waals surface area contributed by atoms with Gasteiger partial charge in [-0.15, -0.1) is 0 Å². The number of rotatable bonds is 7. The number of H-pyrrole nitrogens is 1. The molecule has 2 N–H and O–H groups in total. The Labute approximate surface area is 187 Å². The average Bonchev–Trinajstić information content (AvgIpc) is 3.13. The molecule has 0 spiro atoms. The summed E-state index contributed by atoms with van der Waals surface area (Å²) < 4.78 is 10.9. The minimum atomic E-state index is -0.514. The Morgan fingerprint density at radius 3 is 2.84 bits per heavy atom. The molecule has 0 bridgehead atoms. The third-order valence-corrected chi connectivity index (χ3v) is 6.07. The van der Waals surface area contributed by atoms with Crippen LogP contribution in [0.25, 0.3) is 10.9 Å². The number of nitrogens with zero attached hydrogens (tertiary/aromatic N) is 1. The molecule has 3 heterocycles. The molecule has 1 aliphatic rings. The quantitative estimate of drug-likeness (QED) is 0.580. The minimum absolute atomic E-state index is 0.0147. The van der Waals surface area contributed by atoms with Crippen molar-refractivity contribution in [2.24, 2.45) is 5.92 Å². The summed E-state index contributed by atoms with van der Waals surface area (Å²) in [5.41, 5.74) is 2.92. The number of ether oxygens (including phenoxy) is 1. The summed E-state index contributed by atoms with van der Waals surface area (Å²) in [6.07, 6.45) is 1.58. The van der Waals surface area contributed by atoms with Crippen LogP contribution in [0, 0.1) is 5.92 Å².